The van der Waals surface area contributed by atoms with Crippen molar-refractivity contribution in [3.63, 3.8) is 0 Å². The Hall–Kier alpha value is -0.790. The molecular formula is C15H26O2. The van der Waals surface area contributed by atoms with Crippen LogP contribution in [0.3, 0.4) is 0 Å². The van der Waals surface area contributed by atoms with Crippen molar-refractivity contribution in [2.24, 2.45) is 17.8 Å². The lowest BCUT2D eigenvalue weighted by Crippen LogP contribution is -2.11. The van der Waals surface area contributed by atoms with Gasteiger partial charge < -0.3 is 5.11 Å². The Labute approximate surface area is 105 Å². The van der Waals surface area contributed by atoms with E-state index in [4.69, 9.17) is 5.11 Å². The van der Waals surface area contributed by atoms with Gasteiger partial charge in [-0.25, -0.2) is 0 Å². The predicted octanol–water partition coefficient (Wildman–Crippen LogP) is 4.26. The minimum absolute atomic E-state index is 0.293. The number of unbranched alkanes of at least 4 members (excludes halogenated alkanes) is 1. The lowest BCUT2D eigenvalue weighted by atomic mass is 9.86. The highest BCUT2D eigenvalue weighted by Gasteiger charge is 2.30. The number of rotatable bonds is 7. The molecule has 1 fully saturated rings. The molecule has 98 valence electrons. The van der Waals surface area contributed by atoms with Crippen molar-refractivity contribution in [2.75, 3.05) is 0 Å². The average Bonchev–Trinajstić information content (AvgIpc) is 2.64. The van der Waals surface area contributed by atoms with Crippen molar-refractivity contribution in [1.29, 1.82) is 0 Å². The van der Waals surface area contributed by atoms with Crippen LogP contribution in [0, 0.1) is 17.8 Å². The van der Waals surface area contributed by atoms with Gasteiger partial charge in [0, 0.05) is 6.42 Å². The monoisotopic (exact) mass is 238 g/mol. The smallest absolute Gasteiger partial charge is 0.303 e. The summed E-state index contributed by atoms with van der Waals surface area (Å²) in [6.07, 6.45) is 11.7. The van der Waals surface area contributed by atoms with Gasteiger partial charge in [0.1, 0.15) is 0 Å². The first kappa shape index (κ1) is 14.3. The van der Waals surface area contributed by atoms with Crippen LogP contribution in [-0.2, 0) is 4.79 Å². The topological polar surface area (TPSA) is 37.3 Å². The summed E-state index contributed by atoms with van der Waals surface area (Å²) < 4.78 is 0. The number of hydrogen-bond acceptors (Lipinski definition) is 1. The fraction of sp³-hybridized carbons (Fsp3) is 0.800. The van der Waals surface area contributed by atoms with Gasteiger partial charge in [0.2, 0.25) is 0 Å². The predicted molar refractivity (Wildman–Crippen MR) is 70.9 cm³/mol. The summed E-state index contributed by atoms with van der Waals surface area (Å²) >= 11 is 0. The molecule has 2 nitrogen and oxygen atoms in total. The van der Waals surface area contributed by atoms with Crippen LogP contribution < -0.4 is 0 Å². The zero-order valence-electron chi connectivity index (χ0n) is 11.2. The standard InChI is InChI=1S/C15H26O2/c1-3-13-11-10-12(2)14(13)8-6-4-5-7-9-15(16)17/h4,6,12-14H,3,5,7-11H2,1-2H3,(H,16,17)/b6-4-/t12?,13?,14-/m0/s1. The van der Waals surface area contributed by atoms with Crippen LogP contribution in [0.5, 0.6) is 0 Å². The molecule has 0 bridgehead atoms. The molecule has 2 unspecified atom stereocenters. The molecular weight excluding hydrogens is 212 g/mol. The molecule has 2 heteroatoms. The molecule has 1 saturated carbocycles. The number of hydrogen-bond donors (Lipinski definition) is 1. The van der Waals surface area contributed by atoms with Crippen molar-refractivity contribution in [1.82, 2.24) is 0 Å². The van der Waals surface area contributed by atoms with E-state index in [2.05, 4.69) is 26.0 Å². The molecule has 1 N–H and O–H groups in total. The first-order valence-electron chi connectivity index (χ1n) is 7.02. The minimum Gasteiger partial charge on any atom is -0.481 e. The third-order valence-corrected chi connectivity index (χ3v) is 4.19. The molecule has 0 aromatic carbocycles. The molecule has 0 radical (unpaired) electrons. The van der Waals surface area contributed by atoms with Crippen LogP contribution in [-0.4, -0.2) is 11.1 Å². The molecule has 1 aliphatic rings. The van der Waals surface area contributed by atoms with Gasteiger partial charge in [0.25, 0.3) is 0 Å². The second-order valence-corrected chi connectivity index (χ2v) is 5.38. The molecule has 0 heterocycles. The van der Waals surface area contributed by atoms with E-state index >= 15 is 0 Å². The summed E-state index contributed by atoms with van der Waals surface area (Å²) in [6.45, 7) is 4.67. The Morgan fingerprint density at radius 2 is 2.12 bits per heavy atom. The van der Waals surface area contributed by atoms with Crippen molar-refractivity contribution < 1.29 is 9.90 Å². The van der Waals surface area contributed by atoms with Gasteiger partial charge in [-0.1, -0.05) is 38.8 Å². The van der Waals surface area contributed by atoms with Crippen LogP contribution in [0.2, 0.25) is 0 Å². The van der Waals surface area contributed by atoms with E-state index in [1.165, 1.54) is 25.7 Å². The van der Waals surface area contributed by atoms with E-state index < -0.39 is 5.97 Å². The maximum atomic E-state index is 10.3. The quantitative estimate of drug-likeness (QED) is 0.531. The largest absolute Gasteiger partial charge is 0.481 e. The van der Waals surface area contributed by atoms with E-state index in [1.807, 2.05) is 0 Å². The summed E-state index contributed by atoms with van der Waals surface area (Å²) in [6, 6.07) is 0. The summed E-state index contributed by atoms with van der Waals surface area (Å²) in [7, 11) is 0. The Morgan fingerprint density at radius 3 is 2.76 bits per heavy atom. The number of carbonyl (C=O) groups is 1. The van der Waals surface area contributed by atoms with E-state index in [0.29, 0.717) is 6.42 Å². The van der Waals surface area contributed by atoms with Gasteiger partial charge in [-0.3, -0.25) is 4.79 Å². The summed E-state index contributed by atoms with van der Waals surface area (Å²) in [5.74, 6) is 1.95. The fourth-order valence-corrected chi connectivity index (χ4v) is 3.04. The van der Waals surface area contributed by atoms with Crippen molar-refractivity contribution in [2.45, 2.75) is 58.8 Å². The summed E-state index contributed by atoms with van der Waals surface area (Å²) in [5.41, 5.74) is 0. The maximum Gasteiger partial charge on any atom is 0.303 e. The first-order chi connectivity index (χ1) is 8.15. The summed E-state index contributed by atoms with van der Waals surface area (Å²) in [4.78, 5) is 10.3. The second kappa shape index (κ2) is 7.52. The van der Waals surface area contributed by atoms with Crippen molar-refractivity contribution in [3.8, 4) is 0 Å². The molecule has 0 aromatic rings. The average molecular weight is 238 g/mol. The highest BCUT2D eigenvalue weighted by atomic mass is 16.4. The zero-order chi connectivity index (χ0) is 12.7. The van der Waals surface area contributed by atoms with Gasteiger partial charge in [-0.05, 0) is 43.4 Å². The molecule has 1 aliphatic carbocycles. The number of carboxylic acids is 1. The van der Waals surface area contributed by atoms with Gasteiger partial charge in [0.15, 0.2) is 0 Å². The number of carboxylic acid groups (broad SMARTS) is 1. The molecule has 0 amide bonds. The van der Waals surface area contributed by atoms with Crippen LogP contribution in [0.4, 0.5) is 0 Å². The van der Waals surface area contributed by atoms with E-state index in [-0.39, 0.29) is 0 Å². The zero-order valence-corrected chi connectivity index (χ0v) is 11.2. The molecule has 17 heavy (non-hydrogen) atoms. The normalized spacial score (nSPS) is 28.9. The molecule has 0 aliphatic heterocycles. The molecule has 1 rings (SSSR count). The SMILES string of the molecule is CCC1CCC(C)[C@@H]1C/C=C\CCCC(=O)O. The van der Waals surface area contributed by atoms with Gasteiger partial charge in [-0.2, -0.15) is 0 Å². The molecule has 0 saturated heterocycles. The maximum absolute atomic E-state index is 10.3. The lowest BCUT2D eigenvalue weighted by Gasteiger charge is -2.20. The van der Waals surface area contributed by atoms with Crippen molar-refractivity contribution >= 4 is 5.97 Å². The third kappa shape index (κ3) is 4.93. The highest BCUT2D eigenvalue weighted by molar-refractivity contribution is 5.66. The Bertz CT molecular complexity index is 258. The Morgan fingerprint density at radius 1 is 1.35 bits per heavy atom. The van der Waals surface area contributed by atoms with Crippen molar-refractivity contribution in [3.05, 3.63) is 12.2 Å². The van der Waals surface area contributed by atoms with E-state index in [9.17, 15) is 4.79 Å². The Kier molecular flexibility index (Phi) is 6.31. The van der Waals surface area contributed by atoms with E-state index in [1.54, 1.807) is 0 Å². The number of allylic oxidation sites excluding steroid dienone is 2. The van der Waals surface area contributed by atoms with Gasteiger partial charge >= 0.3 is 5.97 Å². The third-order valence-electron chi connectivity index (χ3n) is 4.19. The molecule has 0 aromatic heterocycles. The first-order valence-corrected chi connectivity index (χ1v) is 7.02. The highest BCUT2D eigenvalue weighted by Crippen LogP contribution is 2.40. The minimum atomic E-state index is -0.686. The van der Waals surface area contributed by atoms with Crippen LogP contribution >= 0.6 is 0 Å². The Balaban J connectivity index is 2.20. The van der Waals surface area contributed by atoms with Gasteiger partial charge in [0.05, 0.1) is 0 Å². The van der Waals surface area contributed by atoms with E-state index in [0.717, 1.165) is 30.6 Å². The second-order valence-electron chi connectivity index (χ2n) is 5.38. The molecule has 3 atom stereocenters. The van der Waals surface area contributed by atoms with Crippen LogP contribution in [0.1, 0.15) is 58.8 Å². The summed E-state index contributed by atoms with van der Waals surface area (Å²) in [5, 5.41) is 8.52. The number of aliphatic carboxylic acids is 1. The van der Waals surface area contributed by atoms with Crippen LogP contribution in [0.15, 0.2) is 12.2 Å². The lowest BCUT2D eigenvalue weighted by molar-refractivity contribution is -0.137. The molecule has 0 spiro atoms. The fourth-order valence-electron chi connectivity index (χ4n) is 3.04. The van der Waals surface area contributed by atoms with Crippen LogP contribution in [0.25, 0.3) is 0 Å². The van der Waals surface area contributed by atoms with Gasteiger partial charge in [-0.15, -0.1) is 0 Å².